The maximum Gasteiger partial charge on any atom is 0.188 e. The van der Waals surface area contributed by atoms with Gasteiger partial charge < -0.3 is 0 Å². The molecule has 90 valence electrons. The van der Waals surface area contributed by atoms with E-state index in [0.717, 1.165) is 0 Å². The third-order valence-corrected chi connectivity index (χ3v) is 2.63. The van der Waals surface area contributed by atoms with Crippen molar-refractivity contribution in [2.45, 2.75) is 6.92 Å². The van der Waals surface area contributed by atoms with Gasteiger partial charge in [-0.3, -0.25) is 4.79 Å². The summed E-state index contributed by atoms with van der Waals surface area (Å²) in [5.74, 6) is -0.344. The minimum atomic E-state index is -0.302. The van der Waals surface area contributed by atoms with Gasteiger partial charge >= 0.3 is 0 Å². The van der Waals surface area contributed by atoms with Gasteiger partial charge in [-0.15, -0.1) is 0 Å². The molecule has 0 radical (unpaired) electrons. The van der Waals surface area contributed by atoms with Gasteiger partial charge in [0.2, 0.25) is 0 Å². The van der Waals surface area contributed by atoms with Crippen LogP contribution in [0.3, 0.4) is 0 Å². The first kappa shape index (κ1) is 12.2. The number of allylic oxidation sites excluding steroid dienone is 1. The van der Waals surface area contributed by atoms with Crippen molar-refractivity contribution in [1.82, 2.24) is 0 Å². The van der Waals surface area contributed by atoms with E-state index in [2.05, 4.69) is 0 Å². The summed E-state index contributed by atoms with van der Waals surface area (Å²) in [5.41, 5.74) is 1.92. The van der Waals surface area contributed by atoms with Crippen molar-refractivity contribution < 1.29 is 9.18 Å². The Hall–Kier alpha value is -2.22. The van der Waals surface area contributed by atoms with Gasteiger partial charge in [0, 0.05) is 5.56 Å². The van der Waals surface area contributed by atoms with Gasteiger partial charge in [-0.25, -0.2) is 4.39 Å². The fourth-order valence-electron chi connectivity index (χ4n) is 1.73. The predicted octanol–water partition coefficient (Wildman–Crippen LogP) is 4.11. The molecule has 0 aliphatic carbocycles. The molecule has 0 fully saturated rings. The lowest BCUT2D eigenvalue weighted by atomic mass is 10.0. The van der Waals surface area contributed by atoms with Gasteiger partial charge in [0.05, 0.1) is 0 Å². The first-order valence-corrected chi connectivity index (χ1v) is 5.70. The number of ketones is 1. The summed E-state index contributed by atoms with van der Waals surface area (Å²) in [7, 11) is 0. The zero-order valence-electron chi connectivity index (χ0n) is 10.1. The highest BCUT2D eigenvalue weighted by Crippen LogP contribution is 2.13. The largest absolute Gasteiger partial charge is 0.289 e. The van der Waals surface area contributed by atoms with Crippen LogP contribution >= 0.6 is 0 Å². The van der Waals surface area contributed by atoms with Gasteiger partial charge in [0.25, 0.3) is 0 Å². The van der Waals surface area contributed by atoms with Crippen molar-refractivity contribution >= 4 is 11.9 Å². The number of halogens is 1. The van der Waals surface area contributed by atoms with Gasteiger partial charge in [-0.05, 0) is 36.3 Å². The van der Waals surface area contributed by atoms with E-state index < -0.39 is 0 Å². The Kier molecular flexibility index (Phi) is 3.68. The molecule has 0 unspecified atom stereocenters. The first-order chi connectivity index (χ1) is 8.66. The maximum absolute atomic E-state index is 13.0. The highest BCUT2D eigenvalue weighted by Gasteiger charge is 2.07. The van der Waals surface area contributed by atoms with Crippen LogP contribution in [0.15, 0.2) is 60.2 Å². The Morgan fingerprint density at radius 1 is 1.06 bits per heavy atom. The molecule has 2 aromatic rings. The van der Waals surface area contributed by atoms with Crippen LogP contribution in [0.5, 0.6) is 0 Å². The van der Waals surface area contributed by atoms with Crippen LogP contribution in [0.4, 0.5) is 4.39 Å². The molecule has 2 heteroatoms. The van der Waals surface area contributed by atoms with Crippen molar-refractivity contribution in [1.29, 1.82) is 0 Å². The SMILES string of the molecule is C/C(=C\c1cccc(F)c1)C(=O)c1ccccc1. The smallest absolute Gasteiger partial charge is 0.188 e. The molecule has 0 atom stereocenters. The molecule has 2 rings (SSSR count). The highest BCUT2D eigenvalue weighted by atomic mass is 19.1. The van der Waals surface area contributed by atoms with Crippen LogP contribution in [0.2, 0.25) is 0 Å². The van der Waals surface area contributed by atoms with E-state index in [-0.39, 0.29) is 11.6 Å². The van der Waals surface area contributed by atoms with Crippen molar-refractivity contribution in [3.63, 3.8) is 0 Å². The van der Waals surface area contributed by atoms with Gasteiger partial charge in [0.1, 0.15) is 5.82 Å². The lowest BCUT2D eigenvalue weighted by Crippen LogP contribution is -1.99. The van der Waals surface area contributed by atoms with Crippen LogP contribution in [-0.2, 0) is 0 Å². The summed E-state index contributed by atoms with van der Waals surface area (Å²) in [6.45, 7) is 1.74. The Morgan fingerprint density at radius 3 is 2.44 bits per heavy atom. The summed E-state index contributed by atoms with van der Waals surface area (Å²) in [4.78, 5) is 12.1. The maximum atomic E-state index is 13.0. The Balaban J connectivity index is 2.26. The van der Waals surface area contributed by atoms with Crippen LogP contribution in [0.1, 0.15) is 22.8 Å². The van der Waals surface area contributed by atoms with E-state index in [1.807, 2.05) is 18.2 Å². The Labute approximate surface area is 106 Å². The number of rotatable bonds is 3. The Morgan fingerprint density at radius 2 is 1.78 bits per heavy atom. The van der Waals surface area contributed by atoms with Gasteiger partial charge in [-0.2, -0.15) is 0 Å². The molecule has 1 nitrogen and oxygen atoms in total. The third-order valence-electron chi connectivity index (χ3n) is 2.63. The van der Waals surface area contributed by atoms with E-state index >= 15 is 0 Å². The summed E-state index contributed by atoms with van der Waals surface area (Å²) >= 11 is 0. The number of hydrogen-bond acceptors (Lipinski definition) is 1. The number of carbonyl (C=O) groups is 1. The average molecular weight is 240 g/mol. The number of hydrogen-bond donors (Lipinski definition) is 0. The van der Waals surface area contributed by atoms with Crippen molar-refractivity contribution in [2.75, 3.05) is 0 Å². The van der Waals surface area contributed by atoms with E-state index in [9.17, 15) is 9.18 Å². The van der Waals surface area contributed by atoms with Crippen LogP contribution in [0.25, 0.3) is 6.08 Å². The van der Waals surface area contributed by atoms with E-state index in [1.54, 1.807) is 37.3 Å². The number of benzene rings is 2. The second-order valence-corrected chi connectivity index (χ2v) is 4.08. The molecule has 0 N–H and O–H groups in total. The van der Waals surface area contributed by atoms with E-state index in [4.69, 9.17) is 0 Å². The van der Waals surface area contributed by atoms with Gasteiger partial charge in [0.15, 0.2) is 5.78 Å². The van der Waals surface area contributed by atoms with E-state index in [0.29, 0.717) is 16.7 Å². The summed E-state index contributed by atoms with van der Waals surface area (Å²) in [6, 6.07) is 15.2. The molecule has 2 aromatic carbocycles. The number of carbonyl (C=O) groups excluding carboxylic acids is 1. The molecule has 0 bridgehead atoms. The van der Waals surface area contributed by atoms with Crippen LogP contribution in [0, 0.1) is 5.82 Å². The van der Waals surface area contributed by atoms with Crippen molar-refractivity contribution in [2.24, 2.45) is 0 Å². The summed E-state index contributed by atoms with van der Waals surface area (Å²) < 4.78 is 13.0. The predicted molar refractivity (Wildman–Crippen MR) is 70.8 cm³/mol. The molecule has 0 heterocycles. The molecule has 18 heavy (non-hydrogen) atoms. The summed E-state index contributed by atoms with van der Waals surface area (Å²) in [6.07, 6.45) is 1.69. The number of Topliss-reactive ketones (excluding diaryl/α,β-unsaturated/α-hetero) is 1. The summed E-state index contributed by atoms with van der Waals surface area (Å²) in [5, 5.41) is 0. The van der Waals surface area contributed by atoms with E-state index in [1.165, 1.54) is 12.1 Å². The van der Waals surface area contributed by atoms with Crippen molar-refractivity contribution in [3.05, 3.63) is 77.1 Å². The standard InChI is InChI=1S/C16H13FO/c1-12(10-13-6-5-9-15(17)11-13)16(18)14-7-3-2-4-8-14/h2-11H,1H3/b12-10+. The molecule has 0 saturated heterocycles. The van der Waals surface area contributed by atoms with Crippen LogP contribution < -0.4 is 0 Å². The zero-order valence-corrected chi connectivity index (χ0v) is 10.1. The molecular formula is C16H13FO. The topological polar surface area (TPSA) is 17.1 Å². The second kappa shape index (κ2) is 5.41. The van der Waals surface area contributed by atoms with Crippen molar-refractivity contribution in [3.8, 4) is 0 Å². The molecular weight excluding hydrogens is 227 g/mol. The van der Waals surface area contributed by atoms with Crippen LogP contribution in [-0.4, -0.2) is 5.78 Å². The Bertz CT molecular complexity index is 585. The molecule has 0 aliphatic heterocycles. The third kappa shape index (κ3) is 2.92. The molecule has 0 amide bonds. The molecule has 0 aliphatic rings. The first-order valence-electron chi connectivity index (χ1n) is 5.70. The minimum absolute atomic E-state index is 0.0418. The monoisotopic (exact) mass is 240 g/mol. The quantitative estimate of drug-likeness (QED) is 0.582. The fraction of sp³-hybridized carbons (Fsp3) is 0.0625. The molecule has 0 saturated carbocycles. The average Bonchev–Trinajstić information content (AvgIpc) is 2.39. The fourth-order valence-corrected chi connectivity index (χ4v) is 1.73. The zero-order chi connectivity index (χ0) is 13.0. The molecule has 0 spiro atoms. The molecule has 0 aromatic heterocycles. The van der Waals surface area contributed by atoms with Gasteiger partial charge in [-0.1, -0.05) is 42.5 Å². The highest BCUT2D eigenvalue weighted by molar-refractivity contribution is 6.10. The minimum Gasteiger partial charge on any atom is -0.289 e. The normalized spacial score (nSPS) is 11.3. The lowest BCUT2D eigenvalue weighted by Gasteiger charge is -2.01. The lowest BCUT2D eigenvalue weighted by molar-refractivity contribution is 0.103. The second-order valence-electron chi connectivity index (χ2n) is 4.08.